The highest BCUT2D eigenvalue weighted by Crippen LogP contribution is 2.33. The predicted molar refractivity (Wildman–Crippen MR) is 91.3 cm³/mol. The molecule has 0 N–H and O–H groups in total. The summed E-state index contributed by atoms with van der Waals surface area (Å²) >= 11 is 0. The maximum absolute atomic E-state index is 12.3. The lowest BCUT2D eigenvalue weighted by atomic mass is 9.90. The van der Waals surface area contributed by atoms with E-state index in [1.807, 2.05) is 48.6 Å². The SMILES string of the molecule is CN1C(=O)COc2ccc(CC3=CC4C=CC=CC4=NC3=O)cc21. The fourth-order valence-electron chi connectivity index (χ4n) is 3.06. The first-order chi connectivity index (χ1) is 11.6. The number of benzene rings is 1. The van der Waals surface area contributed by atoms with Crippen molar-refractivity contribution in [1.29, 1.82) is 0 Å². The summed E-state index contributed by atoms with van der Waals surface area (Å²) in [7, 11) is 1.73. The van der Waals surface area contributed by atoms with Crippen LogP contribution in [0.25, 0.3) is 0 Å². The summed E-state index contributed by atoms with van der Waals surface area (Å²) in [5, 5.41) is 0. The molecule has 0 fully saturated rings. The zero-order valence-electron chi connectivity index (χ0n) is 13.2. The van der Waals surface area contributed by atoms with Gasteiger partial charge in [0.1, 0.15) is 5.75 Å². The molecule has 120 valence electrons. The van der Waals surface area contributed by atoms with Crippen LogP contribution in [-0.4, -0.2) is 31.2 Å². The fourth-order valence-corrected chi connectivity index (χ4v) is 3.06. The molecule has 2 amide bonds. The fraction of sp³-hybridized carbons (Fsp3) is 0.211. The van der Waals surface area contributed by atoms with Gasteiger partial charge in [0.15, 0.2) is 6.61 Å². The van der Waals surface area contributed by atoms with Crippen LogP contribution in [0, 0.1) is 5.92 Å². The number of likely N-dealkylation sites (N-methyl/N-ethyl adjacent to an activating group) is 1. The minimum atomic E-state index is -0.195. The van der Waals surface area contributed by atoms with Crippen LogP contribution in [0.5, 0.6) is 5.75 Å². The van der Waals surface area contributed by atoms with E-state index in [-0.39, 0.29) is 24.3 Å². The van der Waals surface area contributed by atoms with E-state index >= 15 is 0 Å². The van der Waals surface area contributed by atoms with Gasteiger partial charge in [0.05, 0.1) is 11.4 Å². The van der Waals surface area contributed by atoms with Crippen molar-refractivity contribution in [2.75, 3.05) is 18.6 Å². The Morgan fingerprint density at radius 1 is 1.29 bits per heavy atom. The summed E-state index contributed by atoms with van der Waals surface area (Å²) in [6, 6.07) is 5.67. The highest BCUT2D eigenvalue weighted by molar-refractivity contribution is 6.13. The molecule has 0 radical (unpaired) electrons. The van der Waals surface area contributed by atoms with E-state index in [2.05, 4.69) is 4.99 Å². The molecule has 1 aromatic carbocycles. The van der Waals surface area contributed by atoms with Gasteiger partial charge >= 0.3 is 0 Å². The van der Waals surface area contributed by atoms with Crippen molar-refractivity contribution in [2.24, 2.45) is 10.9 Å². The molecule has 0 aromatic heterocycles. The van der Waals surface area contributed by atoms with Gasteiger partial charge in [0, 0.05) is 25.0 Å². The van der Waals surface area contributed by atoms with E-state index in [1.165, 1.54) is 0 Å². The van der Waals surface area contributed by atoms with Crippen molar-refractivity contribution in [1.82, 2.24) is 0 Å². The smallest absolute Gasteiger partial charge is 0.273 e. The number of carbonyl (C=O) groups is 2. The van der Waals surface area contributed by atoms with Crippen LogP contribution in [0.4, 0.5) is 5.69 Å². The van der Waals surface area contributed by atoms with Gasteiger partial charge in [0.25, 0.3) is 11.8 Å². The number of rotatable bonds is 2. The normalized spacial score (nSPS) is 21.7. The summed E-state index contributed by atoms with van der Waals surface area (Å²) < 4.78 is 5.43. The van der Waals surface area contributed by atoms with Crippen molar-refractivity contribution in [3.05, 3.63) is 59.7 Å². The Hall–Kier alpha value is -2.95. The van der Waals surface area contributed by atoms with E-state index in [1.54, 1.807) is 11.9 Å². The number of allylic oxidation sites excluding steroid dienone is 5. The van der Waals surface area contributed by atoms with Crippen LogP contribution in [0.15, 0.2) is 59.1 Å². The van der Waals surface area contributed by atoms with E-state index in [4.69, 9.17) is 4.74 Å². The molecule has 5 heteroatoms. The second-order valence-electron chi connectivity index (χ2n) is 6.02. The second kappa shape index (κ2) is 5.60. The van der Waals surface area contributed by atoms with Crippen molar-refractivity contribution in [3.8, 4) is 5.75 Å². The third-order valence-electron chi connectivity index (χ3n) is 4.43. The lowest BCUT2D eigenvalue weighted by Crippen LogP contribution is -2.35. The molecule has 1 aromatic rings. The molecule has 4 rings (SSSR count). The average molecular weight is 320 g/mol. The first kappa shape index (κ1) is 14.6. The number of ether oxygens (including phenoxy) is 1. The molecule has 2 heterocycles. The second-order valence-corrected chi connectivity index (χ2v) is 6.02. The van der Waals surface area contributed by atoms with Crippen molar-refractivity contribution < 1.29 is 14.3 Å². The lowest BCUT2D eigenvalue weighted by molar-refractivity contribution is -0.121. The van der Waals surface area contributed by atoms with E-state index < -0.39 is 0 Å². The minimum absolute atomic E-state index is 0.0610. The summed E-state index contributed by atoms with van der Waals surface area (Å²) in [5.74, 6) is 0.471. The van der Waals surface area contributed by atoms with E-state index in [0.717, 1.165) is 17.0 Å². The average Bonchev–Trinajstić information content (AvgIpc) is 2.59. The van der Waals surface area contributed by atoms with Crippen LogP contribution in [-0.2, 0) is 16.0 Å². The lowest BCUT2D eigenvalue weighted by Gasteiger charge is -2.26. The maximum atomic E-state index is 12.3. The first-order valence-electron chi connectivity index (χ1n) is 7.82. The van der Waals surface area contributed by atoms with Gasteiger partial charge < -0.3 is 9.64 Å². The number of aliphatic imine (C=N–C) groups is 1. The highest BCUT2D eigenvalue weighted by Gasteiger charge is 2.25. The number of hydrogen-bond donors (Lipinski definition) is 0. The monoisotopic (exact) mass is 320 g/mol. The molecule has 1 unspecified atom stereocenters. The summed E-state index contributed by atoms with van der Waals surface area (Å²) in [6.07, 6.45) is 10.2. The molecule has 0 saturated carbocycles. The third kappa shape index (κ3) is 2.48. The quantitative estimate of drug-likeness (QED) is 0.839. The van der Waals surface area contributed by atoms with Gasteiger partial charge in [-0.25, -0.2) is 4.99 Å². The van der Waals surface area contributed by atoms with Crippen molar-refractivity contribution in [3.63, 3.8) is 0 Å². The Morgan fingerprint density at radius 2 is 2.17 bits per heavy atom. The number of amides is 2. The third-order valence-corrected chi connectivity index (χ3v) is 4.43. The van der Waals surface area contributed by atoms with Crippen molar-refractivity contribution >= 4 is 23.2 Å². The van der Waals surface area contributed by atoms with Gasteiger partial charge in [-0.2, -0.15) is 0 Å². The number of carbonyl (C=O) groups excluding carboxylic acids is 2. The molecule has 2 aliphatic heterocycles. The summed E-state index contributed by atoms with van der Waals surface area (Å²) in [5.41, 5.74) is 3.15. The molecule has 3 aliphatic rings. The Bertz CT molecular complexity index is 861. The standard InChI is InChI=1S/C19H16N2O3/c1-21-16-9-12(6-7-17(16)24-11-18(21)22)8-14-10-13-4-2-3-5-15(13)20-19(14)23/h2-7,9-10,13H,8,11H2,1H3. The van der Waals surface area contributed by atoms with Gasteiger partial charge in [-0.1, -0.05) is 30.4 Å². The maximum Gasteiger partial charge on any atom is 0.273 e. The predicted octanol–water partition coefficient (Wildman–Crippen LogP) is 2.23. The van der Waals surface area contributed by atoms with Gasteiger partial charge in [-0.15, -0.1) is 0 Å². The molecule has 0 spiro atoms. The van der Waals surface area contributed by atoms with Gasteiger partial charge in [0.2, 0.25) is 0 Å². The van der Waals surface area contributed by atoms with E-state index in [9.17, 15) is 9.59 Å². The Balaban J connectivity index is 1.61. The summed E-state index contributed by atoms with van der Waals surface area (Å²) in [6.45, 7) is 0.0610. The van der Waals surface area contributed by atoms with Crippen LogP contribution < -0.4 is 9.64 Å². The Morgan fingerprint density at radius 3 is 3.04 bits per heavy atom. The summed E-state index contributed by atoms with van der Waals surface area (Å²) in [4.78, 5) is 29.8. The number of nitrogens with zero attached hydrogens (tertiary/aromatic N) is 2. The number of hydrogen-bond acceptors (Lipinski definition) is 3. The molecule has 1 atom stereocenters. The zero-order valence-corrected chi connectivity index (χ0v) is 13.2. The number of dihydropyridines is 1. The molecular formula is C19H16N2O3. The largest absolute Gasteiger partial charge is 0.482 e. The van der Waals surface area contributed by atoms with Crippen molar-refractivity contribution in [2.45, 2.75) is 6.42 Å². The Labute approximate surface area is 139 Å². The molecule has 5 nitrogen and oxygen atoms in total. The molecule has 1 aliphatic carbocycles. The number of anilines is 1. The molecule has 0 saturated heterocycles. The Kier molecular flexibility index (Phi) is 3.41. The zero-order chi connectivity index (χ0) is 16.7. The number of fused-ring (bicyclic) bond motifs is 2. The van der Waals surface area contributed by atoms with Crippen LogP contribution in [0.1, 0.15) is 5.56 Å². The molecular weight excluding hydrogens is 304 g/mol. The van der Waals surface area contributed by atoms with Crippen LogP contribution in [0.2, 0.25) is 0 Å². The van der Waals surface area contributed by atoms with Gasteiger partial charge in [-0.05, 0) is 23.8 Å². The van der Waals surface area contributed by atoms with Gasteiger partial charge in [-0.3, -0.25) is 9.59 Å². The van der Waals surface area contributed by atoms with E-state index in [0.29, 0.717) is 17.7 Å². The minimum Gasteiger partial charge on any atom is -0.482 e. The first-order valence-corrected chi connectivity index (χ1v) is 7.82. The van der Waals surface area contributed by atoms with Crippen LogP contribution >= 0.6 is 0 Å². The molecule has 0 bridgehead atoms. The van der Waals surface area contributed by atoms with Crippen LogP contribution in [0.3, 0.4) is 0 Å². The topological polar surface area (TPSA) is 59.0 Å². The highest BCUT2D eigenvalue weighted by atomic mass is 16.5. The molecule has 24 heavy (non-hydrogen) atoms.